The number of hydrogen-bond acceptors (Lipinski definition) is 3. The first-order valence-corrected chi connectivity index (χ1v) is 10.9. The zero-order chi connectivity index (χ0) is 20.2. The highest BCUT2D eigenvalue weighted by molar-refractivity contribution is 14.0. The molecule has 0 saturated carbocycles. The summed E-state index contributed by atoms with van der Waals surface area (Å²) < 4.78 is 11.3. The van der Waals surface area contributed by atoms with E-state index in [0.717, 1.165) is 64.6 Å². The standard InChI is InChI=1S/C23H39N3O2.HI/c1-5-24-23(25-13-6-14-28-22-11-15-27-16-12-22)26-19(4)21-9-7-20(8-10-21)17-18(2)3;/h7-10,18-19,22H,5-6,11-17H2,1-4H3,(H2,24,25,26);1H. The number of guanidine groups is 1. The fourth-order valence-electron chi connectivity index (χ4n) is 3.37. The van der Waals surface area contributed by atoms with Gasteiger partial charge in [0, 0.05) is 32.9 Å². The van der Waals surface area contributed by atoms with Gasteiger partial charge in [-0.15, -0.1) is 24.0 Å². The van der Waals surface area contributed by atoms with Gasteiger partial charge in [0.15, 0.2) is 5.96 Å². The fourth-order valence-corrected chi connectivity index (χ4v) is 3.37. The summed E-state index contributed by atoms with van der Waals surface area (Å²) in [5.41, 5.74) is 2.68. The summed E-state index contributed by atoms with van der Waals surface area (Å²) >= 11 is 0. The van der Waals surface area contributed by atoms with Crippen LogP contribution in [-0.2, 0) is 15.9 Å². The lowest BCUT2D eigenvalue weighted by atomic mass is 10.00. The highest BCUT2D eigenvalue weighted by Crippen LogP contribution is 2.15. The highest BCUT2D eigenvalue weighted by atomic mass is 127. The second kappa shape index (κ2) is 15.0. The Bertz CT molecular complexity index is 572. The molecule has 0 bridgehead atoms. The van der Waals surface area contributed by atoms with Crippen molar-refractivity contribution in [2.45, 2.75) is 65.5 Å². The second-order valence-electron chi connectivity index (χ2n) is 8.00. The lowest BCUT2D eigenvalue weighted by Crippen LogP contribution is -2.38. The Labute approximate surface area is 194 Å². The molecule has 1 unspecified atom stereocenters. The quantitative estimate of drug-likeness (QED) is 0.205. The van der Waals surface area contributed by atoms with Crippen LogP contribution in [0, 0.1) is 5.92 Å². The molecule has 0 radical (unpaired) electrons. The predicted octanol–water partition coefficient (Wildman–Crippen LogP) is 4.70. The molecule has 2 N–H and O–H groups in total. The number of nitrogens with one attached hydrogen (secondary N) is 2. The number of aliphatic imine (C=N–C) groups is 1. The van der Waals surface area contributed by atoms with Crippen LogP contribution in [0.3, 0.4) is 0 Å². The van der Waals surface area contributed by atoms with Gasteiger partial charge in [-0.1, -0.05) is 38.1 Å². The fraction of sp³-hybridized carbons (Fsp3) is 0.696. The van der Waals surface area contributed by atoms with Crippen LogP contribution in [-0.4, -0.2) is 45.0 Å². The predicted molar refractivity (Wildman–Crippen MR) is 132 cm³/mol. The molecule has 29 heavy (non-hydrogen) atoms. The molecule has 1 aromatic rings. The summed E-state index contributed by atoms with van der Waals surface area (Å²) in [5.74, 6) is 1.55. The minimum Gasteiger partial charge on any atom is -0.381 e. The summed E-state index contributed by atoms with van der Waals surface area (Å²) in [6.07, 6.45) is 4.46. The summed E-state index contributed by atoms with van der Waals surface area (Å²) in [6.45, 7) is 12.8. The second-order valence-corrected chi connectivity index (χ2v) is 8.00. The zero-order valence-corrected chi connectivity index (χ0v) is 20.9. The molecule has 1 aliphatic rings. The first-order chi connectivity index (χ1) is 13.6. The van der Waals surface area contributed by atoms with Crippen LogP contribution >= 0.6 is 24.0 Å². The topological polar surface area (TPSA) is 54.9 Å². The molecule has 1 aliphatic heterocycles. The van der Waals surface area contributed by atoms with Crippen molar-refractivity contribution in [3.8, 4) is 0 Å². The van der Waals surface area contributed by atoms with Gasteiger partial charge in [0.1, 0.15) is 0 Å². The molecule has 1 saturated heterocycles. The lowest BCUT2D eigenvalue weighted by Gasteiger charge is -2.22. The highest BCUT2D eigenvalue weighted by Gasteiger charge is 2.13. The van der Waals surface area contributed by atoms with Gasteiger partial charge < -0.3 is 20.1 Å². The molecule has 0 aliphatic carbocycles. The van der Waals surface area contributed by atoms with Gasteiger partial charge in [-0.05, 0) is 56.6 Å². The summed E-state index contributed by atoms with van der Waals surface area (Å²) in [4.78, 5) is 4.71. The van der Waals surface area contributed by atoms with Gasteiger partial charge in [-0.2, -0.15) is 0 Å². The first kappa shape index (κ1) is 26.2. The van der Waals surface area contributed by atoms with E-state index in [2.05, 4.69) is 62.6 Å². The molecule has 6 heteroatoms. The number of rotatable bonds is 10. The zero-order valence-electron chi connectivity index (χ0n) is 18.6. The molecule has 1 heterocycles. The van der Waals surface area contributed by atoms with Crippen LogP contribution in [0.15, 0.2) is 29.3 Å². The van der Waals surface area contributed by atoms with E-state index in [1.54, 1.807) is 0 Å². The summed E-state index contributed by atoms with van der Waals surface area (Å²) in [7, 11) is 0. The Morgan fingerprint density at radius 2 is 1.86 bits per heavy atom. The van der Waals surface area contributed by atoms with Gasteiger partial charge in [0.05, 0.1) is 12.1 Å². The largest absolute Gasteiger partial charge is 0.381 e. The molecule has 1 atom stereocenters. The smallest absolute Gasteiger partial charge is 0.191 e. The van der Waals surface area contributed by atoms with Crippen molar-refractivity contribution < 1.29 is 9.47 Å². The van der Waals surface area contributed by atoms with Crippen LogP contribution in [0.1, 0.15) is 64.1 Å². The number of benzene rings is 1. The molecule has 1 fully saturated rings. The van der Waals surface area contributed by atoms with E-state index in [0.29, 0.717) is 12.0 Å². The Kier molecular flexibility index (Phi) is 13.6. The van der Waals surface area contributed by atoms with E-state index >= 15 is 0 Å². The molecule has 5 nitrogen and oxygen atoms in total. The molecule has 1 aromatic carbocycles. The SMILES string of the molecule is CCNC(=NCCCOC1CCOCC1)NC(C)c1ccc(CC(C)C)cc1.I. The van der Waals surface area contributed by atoms with Crippen LogP contribution < -0.4 is 10.6 Å². The maximum atomic E-state index is 5.92. The maximum Gasteiger partial charge on any atom is 0.191 e. The molecule has 0 spiro atoms. The number of ether oxygens (including phenoxy) is 2. The van der Waals surface area contributed by atoms with E-state index in [-0.39, 0.29) is 30.0 Å². The third-order valence-corrected chi connectivity index (χ3v) is 4.92. The molecule has 2 rings (SSSR count). The van der Waals surface area contributed by atoms with E-state index < -0.39 is 0 Å². The average molecular weight is 517 g/mol. The minimum absolute atomic E-state index is 0. The first-order valence-electron chi connectivity index (χ1n) is 10.9. The number of hydrogen-bond donors (Lipinski definition) is 2. The van der Waals surface area contributed by atoms with Gasteiger partial charge in [-0.3, -0.25) is 4.99 Å². The maximum absolute atomic E-state index is 5.92. The van der Waals surface area contributed by atoms with Crippen molar-refractivity contribution >= 4 is 29.9 Å². The molecular formula is C23H40IN3O2. The van der Waals surface area contributed by atoms with Crippen molar-refractivity contribution in [3.05, 3.63) is 35.4 Å². The summed E-state index contributed by atoms with van der Waals surface area (Å²) in [6, 6.07) is 9.14. The van der Waals surface area contributed by atoms with Gasteiger partial charge in [0.2, 0.25) is 0 Å². The monoisotopic (exact) mass is 517 g/mol. The van der Waals surface area contributed by atoms with Crippen LogP contribution in [0.2, 0.25) is 0 Å². The van der Waals surface area contributed by atoms with E-state index in [4.69, 9.17) is 14.5 Å². The van der Waals surface area contributed by atoms with Crippen LogP contribution in [0.4, 0.5) is 0 Å². The minimum atomic E-state index is 0. The van der Waals surface area contributed by atoms with E-state index in [9.17, 15) is 0 Å². The molecule has 0 aromatic heterocycles. The normalized spacial score (nSPS) is 16.4. The van der Waals surface area contributed by atoms with Gasteiger partial charge in [-0.25, -0.2) is 0 Å². The van der Waals surface area contributed by atoms with Crippen LogP contribution in [0.5, 0.6) is 0 Å². The van der Waals surface area contributed by atoms with E-state index in [1.807, 2.05) is 0 Å². The number of nitrogens with zero attached hydrogens (tertiary/aromatic N) is 1. The van der Waals surface area contributed by atoms with E-state index in [1.165, 1.54) is 11.1 Å². The van der Waals surface area contributed by atoms with Gasteiger partial charge in [0.25, 0.3) is 0 Å². The van der Waals surface area contributed by atoms with Crippen molar-refractivity contribution in [1.82, 2.24) is 10.6 Å². The molecular weight excluding hydrogens is 477 g/mol. The number of halogens is 1. The molecule has 0 amide bonds. The Morgan fingerprint density at radius 3 is 2.48 bits per heavy atom. The average Bonchev–Trinajstić information content (AvgIpc) is 2.68. The van der Waals surface area contributed by atoms with Crippen molar-refractivity contribution in [2.75, 3.05) is 32.9 Å². The van der Waals surface area contributed by atoms with Gasteiger partial charge >= 0.3 is 0 Å². The summed E-state index contributed by atoms with van der Waals surface area (Å²) in [5, 5.41) is 6.86. The Balaban J connectivity index is 0.00000420. The lowest BCUT2D eigenvalue weighted by molar-refractivity contribution is -0.0318. The van der Waals surface area contributed by atoms with Crippen molar-refractivity contribution in [2.24, 2.45) is 10.9 Å². The van der Waals surface area contributed by atoms with Crippen molar-refractivity contribution in [3.63, 3.8) is 0 Å². The molecule has 166 valence electrons. The van der Waals surface area contributed by atoms with Crippen LogP contribution in [0.25, 0.3) is 0 Å². The van der Waals surface area contributed by atoms with Crippen molar-refractivity contribution in [1.29, 1.82) is 0 Å². The third-order valence-electron chi connectivity index (χ3n) is 4.92. The third kappa shape index (κ3) is 10.6. The Morgan fingerprint density at radius 1 is 1.17 bits per heavy atom. The Hall–Kier alpha value is -0.860.